The molecule has 2 heterocycles. The minimum Gasteiger partial charge on any atom is -0.496 e. The first kappa shape index (κ1) is 29.6. The molecular weight excluding hydrogens is 557 g/mol. The minimum absolute atomic E-state index is 0.0595. The zero-order valence-electron chi connectivity index (χ0n) is 23.1. The van der Waals surface area contributed by atoms with Gasteiger partial charge in [-0.2, -0.15) is 13.2 Å². The van der Waals surface area contributed by atoms with Crippen LogP contribution in [0.2, 0.25) is 0 Å². The van der Waals surface area contributed by atoms with E-state index in [9.17, 15) is 37.1 Å². The smallest absolute Gasteiger partial charge is 0.405 e. The Kier molecular flexibility index (Phi) is 8.29. The molecule has 5 rings (SSSR count). The molecule has 1 aromatic carbocycles. The summed E-state index contributed by atoms with van der Waals surface area (Å²) in [7, 11) is 1.52. The highest BCUT2D eigenvalue weighted by Crippen LogP contribution is 2.43. The number of halogens is 3. The van der Waals surface area contributed by atoms with E-state index in [-0.39, 0.29) is 29.7 Å². The van der Waals surface area contributed by atoms with Crippen molar-refractivity contribution in [3.8, 4) is 5.75 Å². The molecule has 3 N–H and O–H groups in total. The lowest BCUT2D eigenvalue weighted by molar-refractivity contribution is -0.147. The van der Waals surface area contributed by atoms with Gasteiger partial charge in [-0.05, 0) is 62.1 Å². The Labute approximate surface area is 239 Å². The first-order chi connectivity index (χ1) is 20.0. The Balaban J connectivity index is 1.39. The Hall–Kier alpha value is -3.90. The maximum atomic E-state index is 13.8. The van der Waals surface area contributed by atoms with Gasteiger partial charge in [0.2, 0.25) is 11.7 Å². The van der Waals surface area contributed by atoms with Crippen molar-refractivity contribution in [2.45, 2.75) is 63.2 Å². The molecule has 0 radical (unpaired) electrons. The van der Waals surface area contributed by atoms with Crippen LogP contribution < -0.4 is 15.4 Å². The second-order valence-corrected chi connectivity index (χ2v) is 11.4. The number of benzene rings is 1. The number of ether oxygens (including phenoxy) is 1. The Morgan fingerprint density at radius 2 is 1.93 bits per heavy atom. The Bertz CT molecular complexity index is 1410. The van der Waals surface area contributed by atoms with Gasteiger partial charge < -0.3 is 25.3 Å². The van der Waals surface area contributed by atoms with Gasteiger partial charge in [-0.15, -0.1) is 0 Å². The molecule has 2 aromatic rings. The third-order valence-electron chi connectivity index (χ3n) is 8.75. The van der Waals surface area contributed by atoms with E-state index in [1.807, 2.05) is 0 Å². The van der Waals surface area contributed by atoms with Crippen LogP contribution in [0.4, 0.5) is 13.2 Å². The lowest BCUT2D eigenvalue weighted by atomic mass is 9.91. The zero-order valence-corrected chi connectivity index (χ0v) is 23.1. The van der Waals surface area contributed by atoms with Crippen LogP contribution in [0, 0.1) is 17.8 Å². The average molecular weight is 591 g/mol. The van der Waals surface area contributed by atoms with E-state index in [2.05, 4.69) is 10.3 Å². The van der Waals surface area contributed by atoms with Crippen molar-refractivity contribution >= 4 is 40.2 Å². The van der Waals surface area contributed by atoms with Gasteiger partial charge in [0.15, 0.2) is 0 Å². The fourth-order valence-corrected chi connectivity index (χ4v) is 6.76. The first-order valence-electron chi connectivity index (χ1n) is 14.2. The van der Waals surface area contributed by atoms with Gasteiger partial charge >= 0.3 is 6.18 Å². The third-order valence-corrected chi connectivity index (χ3v) is 8.75. The molecule has 3 amide bonds. The number of hydrogen-bond donors (Lipinski definition) is 3. The zero-order chi connectivity index (χ0) is 30.2. The number of hydrogen-bond acceptors (Lipinski definition) is 6. The summed E-state index contributed by atoms with van der Waals surface area (Å²) in [4.78, 5) is 69.9. The normalized spacial score (nSPS) is 24.5. The lowest BCUT2D eigenvalue weighted by Gasteiger charge is -2.29. The summed E-state index contributed by atoms with van der Waals surface area (Å²) in [6.45, 7) is -1.38. The standard InChI is InChI=1S/C29H33F3N4O6/c1-42-23-10-4-8-19-18(23)12-21(34-19)28(41)36-13-16-6-2-7-17(16)24(36)26(39)35-20(11-15-5-3-9-22(15)37)25(38)27(40)33-14-29(30,31)32/h4,8,10,12,15-17,20,24,34H,2-3,5-7,9,11,13-14H2,1H3,(H,33,40)(H,35,39)/t15-,16-,17-,20-,24-/m0/s1. The Morgan fingerprint density at radius 3 is 2.62 bits per heavy atom. The van der Waals surface area contributed by atoms with E-state index in [1.54, 1.807) is 29.6 Å². The fourth-order valence-electron chi connectivity index (χ4n) is 6.76. The van der Waals surface area contributed by atoms with Crippen LogP contribution in [0.5, 0.6) is 5.75 Å². The molecule has 10 nitrogen and oxygen atoms in total. The number of methoxy groups -OCH3 is 1. The number of amides is 3. The molecule has 0 spiro atoms. The van der Waals surface area contributed by atoms with Crippen molar-refractivity contribution < 1.29 is 41.9 Å². The number of aromatic nitrogens is 1. The number of nitrogens with zero attached hydrogens (tertiary/aromatic N) is 1. The second-order valence-electron chi connectivity index (χ2n) is 11.4. The predicted molar refractivity (Wildman–Crippen MR) is 143 cm³/mol. The monoisotopic (exact) mass is 590 g/mol. The number of carbonyl (C=O) groups is 5. The molecule has 1 saturated heterocycles. The highest BCUT2D eigenvalue weighted by molar-refractivity contribution is 6.38. The van der Waals surface area contributed by atoms with E-state index in [4.69, 9.17) is 4.74 Å². The molecule has 0 bridgehead atoms. The minimum atomic E-state index is -4.73. The van der Waals surface area contributed by atoms with Gasteiger partial charge in [0.1, 0.15) is 29.8 Å². The van der Waals surface area contributed by atoms with Crippen LogP contribution >= 0.6 is 0 Å². The van der Waals surface area contributed by atoms with E-state index in [0.717, 1.165) is 12.8 Å². The second kappa shape index (κ2) is 11.8. The van der Waals surface area contributed by atoms with Crippen molar-refractivity contribution in [3.05, 3.63) is 30.0 Å². The lowest BCUT2D eigenvalue weighted by Crippen LogP contribution is -2.55. The molecule has 3 fully saturated rings. The van der Waals surface area contributed by atoms with E-state index < -0.39 is 54.2 Å². The summed E-state index contributed by atoms with van der Waals surface area (Å²) >= 11 is 0. The SMILES string of the molecule is COc1cccc2[nH]c(C(=O)N3C[C@@H]4CCC[C@@H]4[C@H]3C(=O)N[C@@H](C[C@@H]3CCCC3=O)C(=O)C(=O)NCC(F)(F)F)cc12. The number of likely N-dealkylation sites (tertiary alicyclic amines) is 1. The number of ketones is 2. The summed E-state index contributed by atoms with van der Waals surface area (Å²) < 4.78 is 43.4. The maximum absolute atomic E-state index is 13.8. The van der Waals surface area contributed by atoms with Crippen LogP contribution in [0.25, 0.3) is 10.9 Å². The average Bonchev–Trinajstić information content (AvgIpc) is 3.73. The molecule has 226 valence electrons. The summed E-state index contributed by atoms with van der Waals surface area (Å²) in [5, 5.41) is 4.83. The first-order valence-corrected chi connectivity index (χ1v) is 14.2. The predicted octanol–water partition coefficient (Wildman–Crippen LogP) is 2.91. The number of Topliss-reactive ketones (excluding diaryl/α,β-unsaturated/α-hetero) is 2. The molecular formula is C29H33F3N4O6. The van der Waals surface area contributed by atoms with Gasteiger partial charge in [0.05, 0.1) is 13.2 Å². The molecule has 5 atom stereocenters. The largest absolute Gasteiger partial charge is 0.496 e. The third kappa shape index (κ3) is 6.00. The van der Waals surface area contributed by atoms with Crippen molar-refractivity contribution in [2.75, 3.05) is 20.2 Å². The number of alkyl halides is 3. The number of fused-ring (bicyclic) bond motifs is 2. The van der Waals surface area contributed by atoms with E-state index in [1.165, 1.54) is 12.0 Å². The molecule has 0 unspecified atom stereocenters. The number of aromatic amines is 1. The maximum Gasteiger partial charge on any atom is 0.405 e. The quantitative estimate of drug-likeness (QED) is 0.384. The number of H-pyrrole nitrogens is 1. The summed E-state index contributed by atoms with van der Waals surface area (Å²) in [5.41, 5.74) is 0.929. The van der Waals surface area contributed by atoms with Crippen molar-refractivity contribution in [3.63, 3.8) is 0 Å². The van der Waals surface area contributed by atoms with Gasteiger partial charge in [0.25, 0.3) is 11.8 Å². The van der Waals surface area contributed by atoms with Crippen molar-refractivity contribution in [1.29, 1.82) is 0 Å². The highest BCUT2D eigenvalue weighted by atomic mass is 19.4. The summed E-state index contributed by atoms with van der Waals surface area (Å²) in [6, 6.07) is 4.53. The molecule has 42 heavy (non-hydrogen) atoms. The van der Waals surface area contributed by atoms with Crippen LogP contribution in [0.3, 0.4) is 0 Å². The molecule has 1 aliphatic heterocycles. The molecule has 1 aromatic heterocycles. The van der Waals surface area contributed by atoms with Crippen LogP contribution in [0.1, 0.15) is 55.4 Å². The Morgan fingerprint density at radius 1 is 1.14 bits per heavy atom. The van der Waals surface area contributed by atoms with Gasteiger partial charge in [-0.3, -0.25) is 24.0 Å². The number of carbonyl (C=O) groups excluding carboxylic acids is 5. The van der Waals surface area contributed by atoms with Gasteiger partial charge in [-0.1, -0.05) is 12.5 Å². The molecule has 2 saturated carbocycles. The van der Waals surface area contributed by atoms with Crippen molar-refractivity contribution in [1.82, 2.24) is 20.5 Å². The number of rotatable bonds is 9. The van der Waals surface area contributed by atoms with E-state index in [0.29, 0.717) is 48.9 Å². The van der Waals surface area contributed by atoms with Gasteiger partial charge in [-0.25, -0.2) is 0 Å². The molecule has 13 heteroatoms. The molecule has 3 aliphatic rings. The molecule has 2 aliphatic carbocycles. The van der Waals surface area contributed by atoms with Crippen molar-refractivity contribution in [2.24, 2.45) is 17.8 Å². The van der Waals surface area contributed by atoms with E-state index >= 15 is 0 Å². The number of nitrogens with one attached hydrogen (secondary N) is 3. The topological polar surface area (TPSA) is 138 Å². The van der Waals surface area contributed by atoms with Gasteiger partial charge in [0, 0.05) is 29.8 Å². The highest BCUT2D eigenvalue weighted by Gasteiger charge is 2.50. The summed E-state index contributed by atoms with van der Waals surface area (Å²) in [6.07, 6.45) is -1.23. The van der Waals surface area contributed by atoms with Crippen LogP contribution in [-0.2, 0) is 19.2 Å². The summed E-state index contributed by atoms with van der Waals surface area (Å²) in [5.74, 6) is -4.11. The van der Waals surface area contributed by atoms with Crippen LogP contribution in [-0.4, -0.2) is 77.6 Å². The van der Waals surface area contributed by atoms with Crippen LogP contribution in [0.15, 0.2) is 24.3 Å². The fraction of sp³-hybridized carbons (Fsp3) is 0.552.